The van der Waals surface area contributed by atoms with E-state index >= 15 is 0 Å². The summed E-state index contributed by atoms with van der Waals surface area (Å²) in [5, 5.41) is 4.00. The average molecular weight is 397 g/mol. The van der Waals surface area contributed by atoms with Crippen molar-refractivity contribution in [2.45, 2.75) is 25.0 Å². The molecular formula is C17H23N3O6S. The van der Waals surface area contributed by atoms with Crippen molar-refractivity contribution >= 4 is 10.0 Å². The largest absolute Gasteiger partial charge is 0.493 e. The number of methoxy groups -OCH3 is 3. The van der Waals surface area contributed by atoms with E-state index in [-0.39, 0.29) is 18.5 Å². The van der Waals surface area contributed by atoms with E-state index in [1.165, 1.54) is 10.6 Å². The molecule has 27 heavy (non-hydrogen) atoms. The standard InChI is InChI=1S/C17H23N3O6S/c1-23-12-9-13(20(10-12)27(4,21)22)17-18-16(19-26-17)8-11-5-6-14(24-2)15(7-11)25-3/h5-7,12-13H,8-10H2,1-4H3/t12-,13+/m0/s1. The zero-order chi connectivity index (χ0) is 19.6. The average Bonchev–Trinajstić information content (AvgIpc) is 3.27. The van der Waals surface area contributed by atoms with E-state index < -0.39 is 16.1 Å². The second-order valence-corrected chi connectivity index (χ2v) is 8.29. The predicted molar refractivity (Wildman–Crippen MR) is 96.4 cm³/mol. The van der Waals surface area contributed by atoms with Gasteiger partial charge in [0.15, 0.2) is 17.3 Å². The third kappa shape index (κ3) is 4.23. The molecule has 1 aliphatic rings. The van der Waals surface area contributed by atoms with Crippen LogP contribution in [0.5, 0.6) is 11.5 Å². The fourth-order valence-electron chi connectivity index (χ4n) is 3.18. The number of sulfonamides is 1. The van der Waals surface area contributed by atoms with E-state index in [1.807, 2.05) is 12.1 Å². The monoisotopic (exact) mass is 397 g/mol. The Balaban J connectivity index is 1.80. The first-order chi connectivity index (χ1) is 12.9. The quantitative estimate of drug-likeness (QED) is 0.691. The molecule has 0 spiro atoms. The Kier molecular flexibility index (Phi) is 5.68. The summed E-state index contributed by atoms with van der Waals surface area (Å²) in [6.45, 7) is 0.271. The van der Waals surface area contributed by atoms with Gasteiger partial charge in [-0.05, 0) is 17.7 Å². The fourth-order valence-corrected chi connectivity index (χ4v) is 4.25. The number of benzene rings is 1. The predicted octanol–water partition coefficient (Wildman–Crippen LogP) is 1.40. The normalized spacial score (nSPS) is 20.7. The minimum atomic E-state index is -3.41. The molecule has 1 fully saturated rings. The van der Waals surface area contributed by atoms with Crippen LogP contribution in [0.1, 0.15) is 29.7 Å². The number of hydrogen-bond donors (Lipinski definition) is 0. The van der Waals surface area contributed by atoms with Gasteiger partial charge in [0.05, 0.1) is 26.6 Å². The van der Waals surface area contributed by atoms with Gasteiger partial charge < -0.3 is 18.7 Å². The van der Waals surface area contributed by atoms with Crippen LogP contribution in [0, 0.1) is 0 Å². The molecule has 2 aromatic rings. The molecule has 0 bridgehead atoms. The van der Waals surface area contributed by atoms with Crippen LogP contribution in [0.3, 0.4) is 0 Å². The Bertz CT molecular complexity index is 898. The molecule has 0 aliphatic carbocycles. The van der Waals surface area contributed by atoms with Gasteiger partial charge in [0.1, 0.15) is 6.04 Å². The Labute approximate surface area is 158 Å². The molecule has 148 valence electrons. The summed E-state index contributed by atoms with van der Waals surface area (Å²) >= 11 is 0. The zero-order valence-corrected chi connectivity index (χ0v) is 16.5. The second kappa shape index (κ2) is 7.83. The first-order valence-electron chi connectivity index (χ1n) is 8.38. The molecular weight excluding hydrogens is 374 g/mol. The lowest BCUT2D eigenvalue weighted by atomic mass is 10.1. The van der Waals surface area contributed by atoms with E-state index in [0.29, 0.717) is 30.2 Å². The first kappa shape index (κ1) is 19.6. The first-order valence-corrected chi connectivity index (χ1v) is 10.2. The summed E-state index contributed by atoms with van der Waals surface area (Å²) in [5.74, 6) is 1.98. The summed E-state index contributed by atoms with van der Waals surface area (Å²) in [6, 6.07) is 5.02. The molecule has 0 saturated carbocycles. The number of hydrogen-bond acceptors (Lipinski definition) is 8. The summed E-state index contributed by atoms with van der Waals surface area (Å²) in [4.78, 5) is 4.41. The minimum absolute atomic E-state index is 0.203. The van der Waals surface area contributed by atoms with E-state index in [9.17, 15) is 8.42 Å². The van der Waals surface area contributed by atoms with Gasteiger partial charge in [-0.1, -0.05) is 11.2 Å². The van der Waals surface area contributed by atoms with Crippen molar-refractivity contribution in [3.63, 3.8) is 0 Å². The van der Waals surface area contributed by atoms with Crippen molar-refractivity contribution in [2.75, 3.05) is 34.1 Å². The van der Waals surface area contributed by atoms with Crippen LogP contribution in [0.4, 0.5) is 0 Å². The molecule has 9 nitrogen and oxygen atoms in total. The van der Waals surface area contributed by atoms with Crippen molar-refractivity contribution in [1.82, 2.24) is 14.4 Å². The number of ether oxygens (including phenoxy) is 3. The van der Waals surface area contributed by atoms with Crippen LogP contribution < -0.4 is 9.47 Å². The third-order valence-corrected chi connectivity index (χ3v) is 5.81. The Morgan fingerprint density at radius 3 is 2.59 bits per heavy atom. The summed E-state index contributed by atoms with van der Waals surface area (Å²) in [5.41, 5.74) is 0.918. The van der Waals surface area contributed by atoms with Crippen molar-refractivity contribution in [3.05, 3.63) is 35.5 Å². The van der Waals surface area contributed by atoms with Gasteiger partial charge in [-0.3, -0.25) is 0 Å². The van der Waals surface area contributed by atoms with Crippen molar-refractivity contribution < 1.29 is 27.2 Å². The highest BCUT2D eigenvalue weighted by Gasteiger charge is 2.41. The summed E-state index contributed by atoms with van der Waals surface area (Å²) in [7, 11) is 1.29. The maximum Gasteiger partial charge on any atom is 0.245 e. The Morgan fingerprint density at radius 2 is 1.96 bits per heavy atom. The maximum atomic E-state index is 12.1. The van der Waals surface area contributed by atoms with Crippen LogP contribution in [0.25, 0.3) is 0 Å². The highest BCUT2D eigenvalue weighted by atomic mass is 32.2. The lowest BCUT2D eigenvalue weighted by Gasteiger charge is -2.18. The van der Waals surface area contributed by atoms with Gasteiger partial charge >= 0.3 is 0 Å². The van der Waals surface area contributed by atoms with E-state index in [4.69, 9.17) is 18.7 Å². The number of aromatic nitrogens is 2. The van der Waals surface area contributed by atoms with Gasteiger partial charge in [-0.2, -0.15) is 9.29 Å². The van der Waals surface area contributed by atoms with Gasteiger partial charge in [-0.15, -0.1) is 0 Å². The molecule has 10 heteroatoms. The molecule has 0 radical (unpaired) electrons. The molecule has 1 saturated heterocycles. The van der Waals surface area contributed by atoms with Gasteiger partial charge in [0, 0.05) is 26.5 Å². The van der Waals surface area contributed by atoms with Gasteiger partial charge in [-0.25, -0.2) is 8.42 Å². The summed E-state index contributed by atoms with van der Waals surface area (Å²) in [6.07, 6.45) is 1.86. The molecule has 1 aromatic heterocycles. The van der Waals surface area contributed by atoms with Crippen LogP contribution in [0.2, 0.25) is 0 Å². The molecule has 1 aliphatic heterocycles. The maximum absolute atomic E-state index is 12.1. The minimum Gasteiger partial charge on any atom is -0.493 e. The van der Waals surface area contributed by atoms with Gasteiger partial charge in [0.25, 0.3) is 0 Å². The third-order valence-electron chi connectivity index (χ3n) is 4.56. The summed E-state index contributed by atoms with van der Waals surface area (Å²) < 4.78 is 46.7. The van der Waals surface area contributed by atoms with Crippen LogP contribution in [-0.4, -0.2) is 63.1 Å². The van der Waals surface area contributed by atoms with Gasteiger partial charge in [0.2, 0.25) is 15.9 Å². The van der Waals surface area contributed by atoms with E-state index in [0.717, 1.165) is 5.56 Å². The van der Waals surface area contributed by atoms with Crippen LogP contribution in [0.15, 0.2) is 22.7 Å². The lowest BCUT2D eigenvalue weighted by Crippen LogP contribution is -2.31. The molecule has 0 N–H and O–H groups in total. The van der Waals surface area contributed by atoms with Crippen molar-refractivity contribution in [2.24, 2.45) is 0 Å². The van der Waals surface area contributed by atoms with E-state index in [1.54, 1.807) is 27.4 Å². The lowest BCUT2D eigenvalue weighted by molar-refractivity contribution is 0.114. The smallest absolute Gasteiger partial charge is 0.245 e. The highest BCUT2D eigenvalue weighted by Crippen LogP contribution is 2.34. The number of nitrogens with zero attached hydrogens (tertiary/aromatic N) is 3. The van der Waals surface area contributed by atoms with E-state index in [2.05, 4.69) is 10.1 Å². The molecule has 1 aromatic carbocycles. The highest BCUT2D eigenvalue weighted by molar-refractivity contribution is 7.88. The van der Waals surface area contributed by atoms with Crippen LogP contribution >= 0.6 is 0 Å². The van der Waals surface area contributed by atoms with Crippen LogP contribution in [-0.2, 0) is 21.2 Å². The molecule has 2 heterocycles. The fraction of sp³-hybridized carbons (Fsp3) is 0.529. The molecule has 0 unspecified atom stereocenters. The number of rotatable bonds is 7. The van der Waals surface area contributed by atoms with Crippen molar-refractivity contribution in [3.8, 4) is 11.5 Å². The zero-order valence-electron chi connectivity index (χ0n) is 15.7. The molecule has 2 atom stereocenters. The molecule has 0 amide bonds. The topological polar surface area (TPSA) is 104 Å². The Hall–Kier alpha value is -2.17. The molecule has 3 rings (SSSR count). The SMILES string of the molecule is COc1ccc(Cc2noc([C@H]3C[C@H](OC)CN3S(C)(=O)=O)n2)cc1OC. The van der Waals surface area contributed by atoms with Crippen molar-refractivity contribution in [1.29, 1.82) is 0 Å². The Morgan fingerprint density at radius 1 is 1.22 bits per heavy atom. The second-order valence-electron chi connectivity index (χ2n) is 6.36.